The summed E-state index contributed by atoms with van der Waals surface area (Å²) in [5, 5.41) is 1.48. The number of ether oxygens (including phenoxy) is 1. The molecule has 94 valence electrons. The first-order chi connectivity index (χ1) is 8.54. The van der Waals surface area contributed by atoms with Crippen LogP contribution in [0.4, 0.5) is 0 Å². The first kappa shape index (κ1) is 13.9. The first-order valence-corrected chi connectivity index (χ1v) is 6.86. The average Bonchev–Trinajstić information content (AvgIpc) is 2.29. The molecule has 1 aromatic carbocycles. The summed E-state index contributed by atoms with van der Waals surface area (Å²) in [4.78, 5) is 3.94. The van der Waals surface area contributed by atoms with Crippen LogP contribution in [0.3, 0.4) is 0 Å². The standard InChI is InChI=1S/C12H7BrCl3NO/c13-11-5-17-12(16)1-7(11)6-18-10-3-8(14)2-9(15)4-10/h1-5H,6H2. The molecule has 0 aliphatic rings. The van der Waals surface area contributed by atoms with Crippen molar-refractivity contribution in [3.63, 3.8) is 0 Å². The average molecular weight is 367 g/mol. The summed E-state index contributed by atoms with van der Waals surface area (Å²) in [6.45, 7) is 0.347. The SMILES string of the molecule is Clc1cc(Cl)cc(OCc2cc(Cl)ncc2Br)c1. The molecule has 0 amide bonds. The van der Waals surface area contributed by atoms with Crippen molar-refractivity contribution in [1.29, 1.82) is 0 Å². The van der Waals surface area contributed by atoms with E-state index in [-0.39, 0.29) is 0 Å². The van der Waals surface area contributed by atoms with Gasteiger partial charge in [0.25, 0.3) is 0 Å². The molecule has 2 aromatic rings. The topological polar surface area (TPSA) is 22.1 Å². The number of rotatable bonds is 3. The fourth-order valence-corrected chi connectivity index (χ4v) is 2.35. The van der Waals surface area contributed by atoms with Gasteiger partial charge in [0.15, 0.2) is 0 Å². The van der Waals surface area contributed by atoms with Crippen molar-refractivity contribution in [3.05, 3.63) is 55.7 Å². The van der Waals surface area contributed by atoms with Crippen LogP contribution < -0.4 is 4.74 Å². The van der Waals surface area contributed by atoms with Gasteiger partial charge in [-0.15, -0.1) is 0 Å². The number of aromatic nitrogens is 1. The Bertz CT molecular complexity index is 557. The molecule has 0 unspecified atom stereocenters. The minimum absolute atomic E-state index is 0.347. The minimum Gasteiger partial charge on any atom is -0.489 e. The monoisotopic (exact) mass is 365 g/mol. The molecule has 1 heterocycles. The zero-order valence-electron chi connectivity index (χ0n) is 8.96. The second-order valence-electron chi connectivity index (χ2n) is 3.49. The molecule has 0 N–H and O–H groups in total. The van der Waals surface area contributed by atoms with Crippen LogP contribution in [0.5, 0.6) is 5.75 Å². The number of pyridine rings is 1. The van der Waals surface area contributed by atoms with Crippen molar-refractivity contribution in [2.24, 2.45) is 0 Å². The lowest BCUT2D eigenvalue weighted by Crippen LogP contribution is -1.97. The summed E-state index contributed by atoms with van der Waals surface area (Å²) in [6.07, 6.45) is 1.63. The lowest BCUT2D eigenvalue weighted by molar-refractivity contribution is 0.305. The van der Waals surface area contributed by atoms with Gasteiger partial charge in [0.1, 0.15) is 17.5 Å². The normalized spacial score (nSPS) is 10.4. The Morgan fingerprint density at radius 3 is 2.39 bits per heavy atom. The predicted molar refractivity (Wildman–Crippen MR) is 77.7 cm³/mol. The minimum atomic E-state index is 0.347. The van der Waals surface area contributed by atoms with E-state index in [1.165, 1.54) is 0 Å². The molecule has 0 fully saturated rings. The highest BCUT2D eigenvalue weighted by Crippen LogP contribution is 2.26. The zero-order valence-corrected chi connectivity index (χ0v) is 12.8. The van der Waals surface area contributed by atoms with E-state index in [0.717, 1.165) is 10.0 Å². The van der Waals surface area contributed by atoms with E-state index in [9.17, 15) is 0 Å². The van der Waals surface area contributed by atoms with Crippen molar-refractivity contribution in [2.45, 2.75) is 6.61 Å². The molecule has 2 nitrogen and oxygen atoms in total. The van der Waals surface area contributed by atoms with Crippen molar-refractivity contribution in [1.82, 2.24) is 4.98 Å². The Hall–Kier alpha value is -0.480. The second-order valence-corrected chi connectivity index (χ2v) is 5.61. The molecule has 6 heteroatoms. The van der Waals surface area contributed by atoms with Gasteiger partial charge in [0, 0.05) is 26.3 Å². The van der Waals surface area contributed by atoms with Gasteiger partial charge in [0.2, 0.25) is 0 Å². The molecule has 0 radical (unpaired) electrons. The van der Waals surface area contributed by atoms with Crippen molar-refractivity contribution in [2.75, 3.05) is 0 Å². The molecule has 18 heavy (non-hydrogen) atoms. The third-order valence-corrected chi connectivity index (χ3v) is 3.49. The van der Waals surface area contributed by atoms with Gasteiger partial charge in [-0.05, 0) is 40.2 Å². The van der Waals surface area contributed by atoms with Crippen LogP contribution in [0.15, 0.2) is 34.9 Å². The van der Waals surface area contributed by atoms with Crippen LogP contribution in [-0.2, 0) is 6.61 Å². The fourth-order valence-electron chi connectivity index (χ4n) is 1.33. The third kappa shape index (κ3) is 3.75. The number of nitrogens with zero attached hydrogens (tertiary/aromatic N) is 1. The smallest absolute Gasteiger partial charge is 0.129 e. The molecule has 0 saturated heterocycles. The zero-order chi connectivity index (χ0) is 13.1. The first-order valence-electron chi connectivity index (χ1n) is 4.93. The van der Waals surface area contributed by atoms with E-state index in [2.05, 4.69) is 20.9 Å². The Morgan fingerprint density at radius 1 is 1.06 bits per heavy atom. The molecular weight excluding hydrogens is 360 g/mol. The molecule has 0 aliphatic carbocycles. The van der Waals surface area contributed by atoms with Crippen LogP contribution in [0, 0.1) is 0 Å². The van der Waals surface area contributed by atoms with Crippen molar-refractivity contribution in [3.8, 4) is 5.75 Å². The van der Waals surface area contributed by atoms with E-state index >= 15 is 0 Å². The van der Waals surface area contributed by atoms with Crippen molar-refractivity contribution < 1.29 is 4.74 Å². The van der Waals surface area contributed by atoms with E-state index in [0.29, 0.717) is 27.6 Å². The fraction of sp³-hybridized carbons (Fsp3) is 0.0833. The summed E-state index contributed by atoms with van der Waals surface area (Å²) in [7, 11) is 0. The molecule has 2 rings (SSSR count). The highest BCUT2D eigenvalue weighted by atomic mass is 79.9. The molecule has 0 aliphatic heterocycles. The maximum atomic E-state index is 5.88. The Morgan fingerprint density at radius 2 is 1.72 bits per heavy atom. The Kier molecular flexibility index (Phi) is 4.73. The van der Waals surface area contributed by atoms with Crippen LogP contribution in [0.2, 0.25) is 15.2 Å². The highest BCUT2D eigenvalue weighted by molar-refractivity contribution is 9.10. The maximum Gasteiger partial charge on any atom is 0.129 e. The second kappa shape index (κ2) is 6.11. The largest absolute Gasteiger partial charge is 0.489 e. The van der Waals surface area contributed by atoms with Gasteiger partial charge in [-0.2, -0.15) is 0 Å². The summed E-state index contributed by atoms with van der Waals surface area (Å²) >= 11 is 21.0. The van der Waals surface area contributed by atoms with Gasteiger partial charge < -0.3 is 4.74 Å². The van der Waals surface area contributed by atoms with Gasteiger partial charge in [-0.1, -0.05) is 34.8 Å². The summed E-state index contributed by atoms with van der Waals surface area (Å²) in [5.74, 6) is 0.604. The number of halogens is 4. The number of hydrogen-bond donors (Lipinski definition) is 0. The van der Waals surface area contributed by atoms with Crippen LogP contribution in [-0.4, -0.2) is 4.98 Å². The molecule has 0 atom stereocenters. The number of benzene rings is 1. The number of hydrogen-bond acceptors (Lipinski definition) is 2. The highest BCUT2D eigenvalue weighted by Gasteiger charge is 2.04. The van der Waals surface area contributed by atoms with Crippen LogP contribution in [0.1, 0.15) is 5.56 Å². The summed E-state index contributed by atoms with van der Waals surface area (Å²) < 4.78 is 6.44. The van der Waals surface area contributed by atoms with E-state index in [1.54, 1.807) is 30.5 Å². The summed E-state index contributed by atoms with van der Waals surface area (Å²) in [5.41, 5.74) is 0.895. The van der Waals surface area contributed by atoms with E-state index in [4.69, 9.17) is 39.5 Å². The van der Waals surface area contributed by atoms with Crippen LogP contribution in [0.25, 0.3) is 0 Å². The molecule has 1 aromatic heterocycles. The quantitative estimate of drug-likeness (QED) is 0.679. The predicted octanol–water partition coefficient (Wildman–Crippen LogP) is 5.38. The van der Waals surface area contributed by atoms with Gasteiger partial charge >= 0.3 is 0 Å². The van der Waals surface area contributed by atoms with Gasteiger partial charge in [-0.25, -0.2) is 4.98 Å². The third-order valence-electron chi connectivity index (χ3n) is 2.13. The lowest BCUT2D eigenvalue weighted by atomic mass is 10.3. The molecular formula is C12H7BrCl3NO. The van der Waals surface area contributed by atoms with Crippen LogP contribution >= 0.6 is 50.7 Å². The lowest BCUT2D eigenvalue weighted by Gasteiger charge is -2.08. The Labute approximate surface area is 128 Å². The molecule has 0 spiro atoms. The molecule has 0 saturated carbocycles. The van der Waals surface area contributed by atoms with E-state index in [1.807, 2.05) is 0 Å². The molecule has 0 bridgehead atoms. The van der Waals surface area contributed by atoms with Gasteiger partial charge in [0.05, 0.1) is 0 Å². The maximum absolute atomic E-state index is 5.88. The van der Waals surface area contributed by atoms with E-state index < -0.39 is 0 Å². The van der Waals surface area contributed by atoms with Gasteiger partial charge in [-0.3, -0.25) is 0 Å². The Balaban J connectivity index is 2.13. The summed E-state index contributed by atoms with van der Waals surface area (Å²) in [6, 6.07) is 6.78. The van der Waals surface area contributed by atoms with Crippen molar-refractivity contribution >= 4 is 50.7 Å².